The molecule has 0 N–H and O–H groups in total. The van der Waals surface area contributed by atoms with Crippen LogP contribution in [0.4, 0.5) is 13.2 Å². The van der Waals surface area contributed by atoms with Gasteiger partial charge in [0.1, 0.15) is 5.76 Å². The molecule has 0 spiro atoms. The van der Waals surface area contributed by atoms with E-state index < -0.39 is 17.3 Å². The van der Waals surface area contributed by atoms with Crippen LogP contribution in [0, 0.1) is 11.3 Å². The van der Waals surface area contributed by atoms with Crippen molar-refractivity contribution in [3.63, 3.8) is 0 Å². The minimum Gasteiger partial charge on any atom is -0.494 e. The molecule has 0 saturated heterocycles. The predicted molar refractivity (Wildman–Crippen MR) is 56.8 cm³/mol. The average Bonchev–Trinajstić information content (AvgIpc) is 2.27. The van der Waals surface area contributed by atoms with Crippen molar-refractivity contribution in [3.8, 4) is 6.07 Å². The lowest BCUT2D eigenvalue weighted by atomic mass is 10.0. The fourth-order valence-electron chi connectivity index (χ4n) is 1.31. The molecule has 0 saturated carbocycles. The van der Waals surface area contributed by atoms with Crippen LogP contribution in [0.25, 0.3) is 5.76 Å². The number of hydrogen-bond acceptors (Lipinski definition) is 2. The molecule has 0 unspecified atom stereocenters. The zero-order chi connectivity index (χ0) is 13.1. The predicted octanol–water partition coefficient (Wildman–Crippen LogP) is 3.58. The van der Waals surface area contributed by atoms with E-state index in [-0.39, 0.29) is 5.76 Å². The highest BCUT2D eigenvalue weighted by Gasteiger charge is 2.33. The standard InChI is InChI=1S/C12H10F3NO/c1-3-17-8(2)9-4-5-11(12(13,14)15)10(6-9)7-16/h4-6H,2-3H2,1H3. The lowest BCUT2D eigenvalue weighted by Crippen LogP contribution is -2.08. The first-order valence-corrected chi connectivity index (χ1v) is 4.83. The largest absolute Gasteiger partial charge is 0.494 e. The van der Waals surface area contributed by atoms with E-state index in [1.165, 1.54) is 12.1 Å². The van der Waals surface area contributed by atoms with Crippen LogP contribution < -0.4 is 0 Å². The fourth-order valence-corrected chi connectivity index (χ4v) is 1.31. The van der Waals surface area contributed by atoms with E-state index in [1.54, 1.807) is 6.92 Å². The van der Waals surface area contributed by atoms with E-state index in [9.17, 15) is 13.2 Å². The number of halogens is 3. The summed E-state index contributed by atoms with van der Waals surface area (Å²) in [6.45, 7) is 5.67. The van der Waals surface area contributed by atoms with Crippen LogP contribution in [0.1, 0.15) is 23.6 Å². The van der Waals surface area contributed by atoms with Gasteiger partial charge in [-0.25, -0.2) is 0 Å². The summed E-state index contributed by atoms with van der Waals surface area (Å²) in [5.41, 5.74) is -1.01. The van der Waals surface area contributed by atoms with Crippen LogP contribution in [0.5, 0.6) is 0 Å². The Bertz CT molecular complexity index is 472. The molecule has 0 aliphatic heterocycles. The van der Waals surface area contributed by atoms with Gasteiger partial charge in [0, 0.05) is 5.56 Å². The highest BCUT2D eigenvalue weighted by Crippen LogP contribution is 2.33. The third-order valence-electron chi connectivity index (χ3n) is 2.09. The maximum absolute atomic E-state index is 12.5. The topological polar surface area (TPSA) is 33.0 Å². The smallest absolute Gasteiger partial charge is 0.417 e. The molecule has 0 atom stereocenters. The summed E-state index contributed by atoms with van der Waals surface area (Å²) in [5, 5.41) is 8.70. The lowest BCUT2D eigenvalue weighted by molar-refractivity contribution is -0.137. The van der Waals surface area contributed by atoms with E-state index in [2.05, 4.69) is 6.58 Å². The first-order valence-electron chi connectivity index (χ1n) is 4.83. The Morgan fingerprint density at radius 3 is 2.59 bits per heavy atom. The van der Waals surface area contributed by atoms with Gasteiger partial charge in [-0.1, -0.05) is 12.6 Å². The first-order chi connectivity index (χ1) is 7.90. The third-order valence-corrected chi connectivity index (χ3v) is 2.09. The number of rotatable bonds is 3. The molecule has 0 aliphatic rings. The molecule has 2 nitrogen and oxygen atoms in total. The molecule has 0 radical (unpaired) electrons. The Morgan fingerprint density at radius 1 is 1.47 bits per heavy atom. The van der Waals surface area contributed by atoms with Crippen molar-refractivity contribution in [2.45, 2.75) is 13.1 Å². The number of nitriles is 1. The number of ether oxygens (including phenoxy) is 1. The van der Waals surface area contributed by atoms with Gasteiger partial charge < -0.3 is 4.74 Å². The monoisotopic (exact) mass is 241 g/mol. The summed E-state index contributed by atoms with van der Waals surface area (Å²) >= 11 is 0. The van der Waals surface area contributed by atoms with Crippen molar-refractivity contribution in [1.29, 1.82) is 5.26 Å². The Labute approximate surface area is 96.9 Å². The zero-order valence-corrected chi connectivity index (χ0v) is 9.14. The van der Waals surface area contributed by atoms with Crippen molar-refractivity contribution < 1.29 is 17.9 Å². The zero-order valence-electron chi connectivity index (χ0n) is 9.14. The van der Waals surface area contributed by atoms with Crippen molar-refractivity contribution in [2.24, 2.45) is 0 Å². The van der Waals surface area contributed by atoms with Gasteiger partial charge in [0.15, 0.2) is 0 Å². The maximum Gasteiger partial charge on any atom is 0.417 e. The molecular formula is C12H10F3NO. The van der Waals surface area contributed by atoms with Gasteiger partial charge in [0.05, 0.1) is 23.8 Å². The molecule has 90 valence electrons. The molecule has 1 aromatic rings. The van der Waals surface area contributed by atoms with Crippen molar-refractivity contribution in [1.82, 2.24) is 0 Å². The highest BCUT2D eigenvalue weighted by molar-refractivity contribution is 5.60. The van der Waals surface area contributed by atoms with Crippen LogP contribution in [-0.4, -0.2) is 6.61 Å². The van der Waals surface area contributed by atoms with Gasteiger partial charge in [0.2, 0.25) is 0 Å². The SMILES string of the molecule is C=C(OCC)c1ccc(C(F)(F)F)c(C#N)c1. The molecule has 0 heterocycles. The number of nitrogens with zero attached hydrogens (tertiary/aromatic N) is 1. The van der Waals surface area contributed by atoms with Gasteiger partial charge in [0.25, 0.3) is 0 Å². The second kappa shape index (κ2) is 4.91. The highest BCUT2D eigenvalue weighted by atomic mass is 19.4. The number of benzene rings is 1. The van der Waals surface area contributed by atoms with Crippen molar-refractivity contribution >= 4 is 5.76 Å². The van der Waals surface area contributed by atoms with Gasteiger partial charge in [-0.05, 0) is 19.1 Å². The normalized spacial score (nSPS) is 10.8. The summed E-state index contributed by atoms with van der Waals surface area (Å²) < 4.78 is 42.6. The summed E-state index contributed by atoms with van der Waals surface area (Å²) in [5.74, 6) is 0.248. The summed E-state index contributed by atoms with van der Waals surface area (Å²) in [6, 6.07) is 4.75. The molecule has 0 fully saturated rings. The van der Waals surface area contributed by atoms with E-state index >= 15 is 0 Å². The minimum absolute atomic E-state index is 0.248. The second-order valence-electron chi connectivity index (χ2n) is 3.23. The van der Waals surface area contributed by atoms with E-state index in [0.29, 0.717) is 12.2 Å². The molecule has 0 aromatic heterocycles. The number of hydrogen-bond donors (Lipinski definition) is 0. The lowest BCUT2D eigenvalue weighted by Gasteiger charge is -2.11. The van der Waals surface area contributed by atoms with Crippen LogP contribution in [0.3, 0.4) is 0 Å². The summed E-state index contributed by atoms with van der Waals surface area (Å²) in [4.78, 5) is 0. The first kappa shape index (κ1) is 13.1. The molecule has 17 heavy (non-hydrogen) atoms. The van der Waals surface area contributed by atoms with Crippen LogP contribution >= 0.6 is 0 Å². The summed E-state index contributed by atoms with van der Waals surface area (Å²) in [7, 11) is 0. The molecule has 0 amide bonds. The summed E-state index contributed by atoms with van der Waals surface area (Å²) in [6.07, 6.45) is -4.53. The molecular weight excluding hydrogens is 231 g/mol. The molecule has 1 rings (SSSR count). The fraction of sp³-hybridized carbons (Fsp3) is 0.250. The van der Waals surface area contributed by atoms with Crippen molar-refractivity contribution in [3.05, 3.63) is 41.5 Å². The van der Waals surface area contributed by atoms with E-state index in [1.807, 2.05) is 0 Å². The van der Waals surface area contributed by atoms with Crippen molar-refractivity contribution in [2.75, 3.05) is 6.61 Å². The Morgan fingerprint density at radius 2 is 2.12 bits per heavy atom. The molecule has 0 bridgehead atoms. The Kier molecular flexibility index (Phi) is 3.79. The van der Waals surface area contributed by atoms with Crippen LogP contribution in [0.15, 0.2) is 24.8 Å². The van der Waals surface area contributed by atoms with Gasteiger partial charge in [-0.15, -0.1) is 0 Å². The molecule has 5 heteroatoms. The van der Waals surface area contributed by atoms with Gasteiger partial charge in [-0.3, -0.25) is 0 Å². The Hall–Kier alpha value is -1.96. The van der Waals surface area contributed by atoms with Crippen LogP contribution in [-0.2, 0) is 10.9 Å². The number of alkyl halides is 3. The van der Waals surface area contributed by atoms with Gasteiger partial charge >= 0.3 is 6.18 Å². The quantitative estimate of drug-likeness (QED) is 0.757. The third kappa shape index (κ3) is 3.00. The average molecular weight is 241 g/mol. The molecule has 1 aromatic carbocycles. The van der Waals surface area contributed by atoms with E-state index in [4.69, 9.17) is 10.00 Å². The minimum atomic E-state index is -4.53. The van der Waals surface area contributed by atoms with E-state index in [0.717, 1.165) is 12.1 Å². The van der Waals surface area contributed by atoms with Crippen LogP contribution in [0.2, 0.25) is 0 Å². The van der Waals surface area contributed by atoms with Gasteiger partial charge in [-0.2, -0.15) is 18.4 Å². The Balaban J connectivity index is 3.19. The second-order valence-corrected chi connectivity index (χ2v) is 3.23. The molecule has 0 aliphatic carbocycles. The maximum atomic E-state index is 12.5.